The third-order valence-corrected chi connectivity index (χ3v) is 4.01. The van der Waals surface area contributed by atoms with Gasteiger partial charge in [0.25, 0.3) is 0 Å². The van der Waals surface area contributed by atoms with Crippen LogP contribution in [0.25, 0.3) is 10.9 Å². The summed E-state index contributed by atoms with van der Waals surface area (Å²) in [7, 11) is 4.26. The number of fused-ring (bicyclic) bond motifs is 1. The third kappa shape index (κ3) is 4.99. The van der Waals surface area contributed by atoms with Gasteiger partial charge in [0.15, 0.2) is 0 Å². The Labute approximate surface area is 135 Å². The summed E-state index contributed by atoms with van der Waals surface area (Å²) in [5, 5.41) is 1.21. The Kier molecular flexibility index (Phi) is 6.66. The van der Waals surface area contributed by atoms with Crippen molar-refractivity contribution in [1.82, 2.24) is 9.88 Å². The number of hydrogen-bond donors (Lipinski definition) is 0. The summed E-state index contributed by atoms with van der Waals surface area (Å²) in [6.07, 6.45) is 5.16. The molecule has 0 aliphatic carbocycles. The van der Waals surface area contributed by atoms with Crippen LogP contribution < -0.4 is 4.90 Å². The maximum Gasteiger partial charge on any atom is 0.129 e. The van der Waals surface area contributed by atoms with Gasteiger partial charge in [-0.15, -0.1) is 0 Å². The number of aromatic nitrogens is 1. The van der Waals surface area contributed by atoms with Crippen LogP contribution in [0, 0.1) is 0 Å². The molecule has 0 amide bonds. The summed E-state index contributed by atoms with van der Waals surface area (Å²) in [5.74, 6) is 1.11. The Morgan fingerprint density at radius 1 is 0.864 bits per heavy atom. The molecule has 0 saturated carbocycles. The second-order valence-corrected chi connectivity index (χ2v) is 6.21. The first-order valence-electron chi connectivity index (χ1n) is 8.46. The quantitative estimate of drug-likeness (QED) is 0.647. The van der Waals surface area contributed by atoms with Crippen molar-refractivity contribution >= 4 is 16.7 Å². The Morgan fingerprint density at radius 3 is 2.45 bits per heavy atom. The minimum Gasteiger partial charge on any atom is -0.355 e. The maximum absolute atomic E-state index is 4.86. The maximum atomic E-state index is 4.86. The zero-order valence-corrected chi connectivity index (χ0v) is 14.3. The molecule has 0 N–H and O–H groups in total. The van der Waals surface area contributed by atoms with Crippen molar-refractivity contribution in [2.45, 2.75) is 32.6 Å². The summed E-state index contributed by atoms with van der Waals surface area (Å²) < 4.78 is 0. The van der Waals surface area contributed by atoms with Gasteiger partial charge in [0, 0.05) is 25.0 Å². The number of para-hydroxylation sites is 1. The second kappa shape index (κ2) is 8.74. The molecule has 0 aliphatic heterocycles. The molecule has 1 heterocycles. The van der Waals surface area contributed by atoms with E-state index in [4.69, 9.17) is 4.98 Å². The van der Waals surface area contributed by atoms with Gasteiger partial charge in [0.05, 0.1) is 5.52 Å². The number of nitrogens with zero attached hydrogens (tertiary/aromatic N) is 3. The molecular formula is C19H29N3. The minimum atomic E-state index is 1.03. The van der Waals surface area contributed by atoms with E-state index in [1.807, 2.05) is 0 Å². The fourth-order valence-corrected chi connectivity index (χ4v) is 2.62. The number of pyridine rings is 1. The Balaban J connectivity index is 2.09. The molecule has 0 saturated heterocycles. The molecule has 0 spiro atoms. The van der Waals surface area contributed by atoms with Gasteiger partial charge in [-0.1, -0.05) is 44.4 Å². The molecule has 0 atom stereocenters. The highest BCUT2D eigenvalue weighted by Crippen LogP contribution is 2.18. The number of likely N-dealkylation sites (N-methyl/N-ethyl adjacent to an activating group) is 1. The smallest absolute Gasteiger partial charge is 0.129 e. The topological polar surface area (TPSA) is 19.4 Å². The lowest BCUT2D eigenvalue weighted by Gasteiger charge is -2.25. The van der Waals surface area contributed by atoms with E-state index in [1.165, 1.54) is 31.1 Å². The van der Waals surface area contributed by atoms with Gasteiger partial charge in [0.1, 0.15) is 5.82 Å². The largest absolute Gasteiger partial charge is 0.355 e. The fraction of sp³-hybridized carbons (Fsp3) is 0.526. The number of rotatable bonds is 9. The van der Waals surface area contributed by atoms with Crippen LogP contribution in [0.4, 0.5) is 5.82 Å². The van der Waals surface area contributed by atoms with Crippen LogP contribution in [0.2, 0.25) is 0 Å². The fourth-order valence-electron chi connectivity index (χ4n) is 2.62. The highest BCUT2D eigenvalue weighted by Gasteiger charge is 2.09. The average molecular weight is 299 g/mol. The van der Waals surface area contributed by atoms with E-state index in [0.717, 1.165) is 31.0 Å². The van der Waals surface area contributed by atoms with Gasteiger partial charge in [0.2, 0.25) is 0 Å². The molecular weight excluding hydrogens is 270 g/mol. The van der Waals surface area contributed by atoms with Crippen molar-refractivity contribution in [2.24, 2.45) is 0 Å². The number of unbranched alkanes of at least 4 members (excludes halogenated alkanes) is 3. The van der Waals surface area contributed by atoms with Gasteiger partial charge < -0.3 is 9.80 Å². The van der Waals surface area contributed by atoms with Crippen molar-refractivity contribution < 1.29 is 0 Å². The summed E-state index contributed by atoms with van der Waals surface area (Å²) in [4.78, 5) is 9.53. The molecule has 0 unspecified atom stereocenters. The van der Waals surface area contributed by atoms with E-state index >= 15 is 0 Å². The normalized spacial score (nSPS) is 11.3. The first-order valence-corrected chi connectivity index (χ1v) is 8.46. The summed E-state index contributed by atoms with van der Waals surface area (Å²) in [6, 6.07) is 12.7. The van der Waals surface area contributed by atoms with Crippen molar-refractivity contribution in [3.63, 3.8) is 0 Å². The van der Waals surface area contributed by atoms with Gasteiger partial charge in [-0.3, -0.25) is 0 Å². The molecule has 22 heavy (non-hydrogen) atoms. The van der Waals surface area contributed by atoms with Crippen molar-refractivity contribution in [1.29, 1.82) is 0 Å². The Morgan fingerprint density at radius 2 is 1.68 bits per heavy atom. The lowest BCUT2D eigenvalue weighted by Crippen LogP contribution is -2.33. The van der Waals surface area contributed by atoms with Crippen LogP contribution >= 0.6 is 0 Å². The molecule has 2 rings (SSSR count). The van der Waals surface area contributed by atoms with Crippen molar-refractivity contribution in [2.75, 3.05) is 38.6 Å². The van der Waals surface area contributed by atoms with Gasteiger partial charge in [-0.05, 0) is 38.7 Å². The zero-order valence-electron chi connectivity index (χ0n) is 14.3. The predicted molar refractivity (Wildman–Crippen MR) is 96.7 cm³/mol. The molecule has 0 aliphatic rings. The summed E-state index contributed by atoms with van der Waals surface area (Å²) in [6.45, 7) is 5.45. The molecule has 1 aromatic heterocycles. The van der Waals surface area contributed by atoms with Crippen LogP contribution in [0.1, 0.15) is 32.6 Å². The molecule has 2 aromatic rings. The Bertz CT molecular complexity index is 565. The summed E-state index contributed by atoms with van der Waals surface area (Å²) >= 11 is 0. The molecule has 0 fully saturated rings. The second-order valence-electron chi connectivity index (χ2n) is 6.21. The van der Waals surface area contributed by atoms with Crippen molar-refractivity contribution in [3.8, 4) is 0 Å². The van der Waals surface area contributed by atoms with Crippen LogP contribution in [-0.4, -0.2) is 43.6 Å². The van der Waals surface area contributed by atoms with Gasteiger partial charge in [-0.25, -0.2) is 4.98 Å². The van der Waals surface area contributed by atoms with E-state index in [9.17, 15) is 0 Å². The third-order valence-electron chi connectivity index (χ3n) is 4.01. The predicted octanol–water partition coefficient (Wildman–Crippen LogP) is 4.18. The first-order chi connectivity index (χ1) is 10.7. The van der Waals surface area contributed by atoms with Gasteiger partial charge >= 0.3 is 0 Å². The van der Waals surface area contributed by atoms with Crippen LogP contribution in [-0.2, 0) is 0 Å². The van der Waals surface area contributed by atoms with Crippen LogP contribution in [0.15, 0.2) is 36.4 Å². The lowest BCUT2D eigenvalue weighted by molar-refractivity contribution is 0.411. The van der Waals surface area contributed by atoms with E-state index in [2.05, 4.69) is 67.2 Å². The van der Waals surface area contributed by atoms with E-state index < -0.39 is 0 Å². The average Bonchev–Trinajstić information content (AvgIpc) is 2.53. The van der Waals surface area contributed by atoms with Crippen LogP contribution in [0.5, 0.6) is 0 Å². The molecule has 1 aromatic carbocycles. The number of benzene rings is 1. The SMILES string of the molecule is CCCCCCN(CCN(C)C)c1ccc2ccccc2n1. The Hall–Kier alpha value is -1.61. The van der Waals surface area contributed by atoms with E-state index in [1.54, 1.807) is 0 Å². The first kappa shape index (κ1) is 16.8. The zero-order chi connectivity index (χ0) is 15.8. The minimum absolute atomic E-state index is 1.03. The molecule has 0 bridgehead atoms. The van der Waals surface area contributed by atoms with E-state index in [0.29, 0.717) is 0 Å². The summed E-state index contributed by atoms with van der Waals surface area (Å²) in [5.41, 5.74) is 1.09. The highest BCUT2D eigenvalue weighted by atomic mass is 15.2. The number of hydrogen-bond acceptors (Lipinski definition) is 3. The molecule has 3 nitrogen and oxygen atoms in total. The molecule has 3 heteroatoms. The molecule has 120 valence electrons. The monoisotopic (exact) mass is 299 g/mol. The van der Waals surface area contributed by atoms with Gasteiger partial charge in [-0.2, -0.15) is 0 Å². The molecule has 0 radical (unpaired) electrons. The van der Waals surface area contributed by atoms with Crippen LogP contribution in [0.3, 0.4) is 0 Å². The standard InChI is InChI=1S/C19H29N3/c1-4-5-6-9-14-22(16-15-21(2)3)19-13-12-17-10-7-8-11-18(17)20-19/h7-8,10-13H,4-6,9,14-16H2,1-3H3. The highest BCUT2D eigenvalue weighted by molar-refractivity contribution is 5.80. The van der Waals surface area contributed by atoms with E-state index in [-0.39, 0.29) is 0 Å². The lowest BCUT2D eigenvalue weighted by atomic mass is 10.2. The number of anilines is 1. The van der Waals surface area contributed by atoms with Crippen molar-refractivity contribution in [3.05, 3.63) is 36.4 Å².